The monoisotopic (exact) mass is 235 g/mol. The summed E-state index contributed by atoms with van der Waals surface area (Å²) in [4.78, 5) is 32.0. The minimum atomic E-state index is -1.01. The maximum Gasteiger partial charge on any atom is 0.378 e. The van der Waals surface area contributed by atoms with Crippen LogP contribution in [0.15, 0.2) is 30.3 Å². The highest BCUT2D eigenvalue weighted by Crippen LogP contribution is 2.18. The number of ether oxygens (including phenoxy) is 1. The smallest absolute Gasteiger partial charge is 0.378 e. The Hall–Kier alpha value is -2.50. The van der Waals surface area contributed by atoms with Crippen LogP contribution in [-0.2, 0) is 14.3 Å². The van der Waals surface area contributed by atoms with Crippen LogP contribution >= 0.6 is 0 Å². The van der Waals surface area contributed by atoms with Crippen LogP contribution in [0.25, 0.3) is 6.08 Å². The zero-order chi connectivity index (χ0) is 12.8. The molecule has 0 aliphatic rings. The van der Waals surface area contributed by atoms with E-state index in [1.54, 1.807) is 6.07 Å². The first kappa shape index (κ1) is 12.6. The molecule has 6 nitrogen and oxygen atoms in total. The Morgan fingerprint density at radius 1 is 1.35 bits per heavy atom. The quantitative estimate of drug-likeness (QED) is 0.258. The minimum absolute atomic E-state index is 0.138. The van der Waals surface area contributed by atoms with E-state index >= 15 is 0 Å². The number of carbonyl (C=O) groups excluding carboxylic acids is 2. The van der Waals surface area contributed by atoms with Gasteiger partial charge in [0.1, 0.15) is 0 Å². The van der Waals surface area contributed by atoms with Crippen molar-refractivity contribution in [1.82, 2.24) is 0 Å². The molecule has 0 amide bonds. The zero-order valence-corrected chi connectivity index (χ0v) is 8.95. The van der Waals surface area contributed by atoms with E-state index in [1.165, 1.54) is 24.3 Å². The number of nitrogens with zero attached hydrogens (tertiary/aromatic N) is 1. The van der Waals surface area contributed by atoms with Crippen LogP contribution in [0.1, 0.15) is 5.56 Å². The number of nitro benzene ring substituents is 1. The fourth-order valence-electron chi connectivity index (χ4n) is 1.13. The normalized spacial score (nSPS) is 10.2. The molecule has 0 saturated carbocycles. The Morgan fingerprint density at radius 2 is 2.00 bits per heavy atom. The van der Waals surface area contributed by atoms with Crippen LogP contribution in [0.5, 0.6) is 0 Å². The van der Waals surface area contributed by atoms with Gasteiger partial charge >= 0.3 is 5.97 Å². The topological polar surface area (TPSA) is 86.5 Å². The number of rotatable bonds is 4. The number of carbonyl (C=O) groups is 2. The van der Waals surface area contributed by atoms with Crippen molar-refractivity contribution < 1.29 is 19.2 Å². The molecule has 0 spiro atoms. The van der Waals surface area contributed by atoms with E-state index in [0.717, 1.165) is 13.2 Å². The summed E-state index contributed by atoms with van der Waals surface area (Å²) >= 11 is 0. The second kappa shape index (κ2) is 5.55. The lowest BCUT2D eigenvalue weighted by Gasteiger charge is -1.96. The molecule has 0 aliphatic carbocycles. The van der Waals surface area contributed by atoms with Gasteiger partial charge in [-0.15, -0.1) is 0 Å². The van der Waals surface area contributed by atoms with Crippen molar-refractivity contribution in [2.24, 2.45) is 0 Å². The van der Waals surface area contributed by atoms with Crippen molar-refractivity contribution in [1.29, 1.82) is 0 Å². The van der Waals surface area contributed by atoms with E-state index in [2.05, 4.69) is 4.74 Å². The van der Waals surface area contributed by atoms with Gasteiger partial charge in [-0.25, -0.2) is 4.79 Å². The highest BCUT2D eigenvalue weighted by atomic mass is 16.6. The molecule has 0 N–H and O–H groups in total. The first-order valence-electron chi connectivity index (χ1n) is 4.60. The summed E-state index contributed by atoms with van der Waals surface area (Å²) in [6.45, 7) is 0. The van der Waals surface area contributed by atoms with Gasteiger partial charge in [-0.05, 0) is 18.2 Å². The molecule has 1 aromatic rings. The lowest BCUT2D eigenvalue weighted by molar-refractivity contribution is -0.385. The molecule has 1 rings (SSSR count). The Labute approximate surface area is 96.7 Å². The van der Waals surface area contributed by atoms with Gasteiger partial charge in [-0.1, -0.05) is 12.1 Å². The van der Waals surface area contributed by atoms with E-state index in [0.29, 0.717) is 0 Å². The van der Waals surface area contributed by atoms with Crippen molar-refractivity contribution in [3.63, 3.8) is 0 Å². The van der Waals surface area contributed by atoms with Crippen LogP contribution in [0, 0.1) is 10.1 Å². The van der Waals surface area contributed by atoms with Gasteiger partial charge in [-0.3, -0.25) is 14.9 Å². The van der Waals surface area contributed by atoms with E-state index in [4.69, 9.17) is 0 Å². The standard InChI is InChI=1S/C11H9NO5/c1-17-11(14)10(13)7-6-8-4-2-3-5-9(8)12(15)16/h2-7H,1H3/b7-6+. The summed E-state index contributed by atoms with van der Waals surface area (Å²) in [5, 5.41) is 10.7. The molecule has 0 saturated heterocycles. The van der Waals surface area contributed by atoms with Crippen molar-refractivity contribution >= 4 is 23.5 Å². The summed E-state index contributed by atoms with van der Waals surface area (Å²) in [6, 6.07) is 5.88. The van der Waals surface area contributed by atoms with Crippen molar-refractivity contribution in [3.05, 3.63) is 46.0 Å². The van der Waals surface area contributed by atoms with Gasteiger partial charge in [0, 0.05) is 6.07 Å². The molecular formula is C11H9NO5. The summed E-state index contributed by atoms with van der Waals surface area (Å²) in [5.74, 6) is -1.88. The second-order valence-corrected chi connectivity index (χ2v) is 3.01. The molecule has 17 heavy (non-hydrogen) atoms. The lowest BCUT2D eigenvalue weighted by Crippen LogP contribution is -2.12. The average molecular weight is 235 g/mol. The summed E-state index contributed by atoms with van der Waals surface area (Å²) in [6.07, 6.45) is 2.14. The van der Waals surface area contributed by atoms with E-state index in [-0.39, 0.29) is 11.3 Å². The predicted octanol–water partition coefficient (Wildman–Crippen LogP) is 1.35. The van der Waals surface area contributed by atoms with Gasteiger partial charge in [-0.2, -0.15) is 0 Å². The molecule has 0 atom stereocenters. The number of esters is 1. The molecule has 0 heterocycles. The molecule has 1 aromatic carbocycles. The number of para-hydroxylation sites is 1. The number of ketones is 1. The first-order valence-corrected chi connectivity index (χ1v) is 4.60. The predicted molar refractivity (Wildman–Crippen MR) is 59.2 cm³/mol. The Kier molecular flexibility index (Phi) is 4.10. The highest BCUT2D eigenvalue weighted by molar-refractivity contribution is 6.39. The Bertz CT molecular complexity index is 492. The largest absolute Gasteiger partial charge is 0.463 e. The van der Waals surface area contributed by atoms with Crippen molar-refractivity contribution in [2.45, 2.75) is 0 Å². The molecule has 0 aliphatic heterocycles. The van der Waals surface area contributed by atoms with Crippen LogP contribution in [0.2, 0.25) is 0 Å². The Morgan fingerprint density at radius 3 is 2.59 bits per heavy atom. The molecule has 0 bridgehead atoms. The first-order chi connectivity index (χ1) is 8.06. The van der Waals surface area contributed by atoms with Crippen molar-refractivity contribution in [3.8, 4) is 0 Å². The van der Waals surface area contributed by atoms with Gasteiger partial charge in [0.25, 0.3) is 11.5 Å². The van der Waals surface area contributed by atoms with Crippen LogP contribution in [0.4, 0.5) is 5.69 Å². The summed E-state index contributed by atoms with van der Waals surface area (Å²) in [5.41, 5.74) is 0.108. The van der Waals surface area contributed by atoms with Gasteiger partial charge < -0.3 is 4.74 Å². The van der Waals surface area contributed by atoms with E-state index < -0.39 is 16.7 Å². The SMILES string of the molecule is COC(=O)C(=O)/C=C/c1ccccc1[N+](=O)[O-]. The fraction of sp³-hybridized carbons (Fsp3) is 0.0909. The Balaban J connectivity index is 2.96. The molecule has 0 aromatic heterocycles. The maximum atomic E-state index is 11.1. The maximum absolute atomic E-state index is 11.1. The lowest BCUT2D eigenvalue weighted by atomic mass is 10.1. The molecule has 0 radical (unpaired) electrons. The number of hydrogen-bond acceptors (Lipinski definition) is 5. The van der Waals surface area contributed by atoms with Gasteiger partial charge in [0.05, 0.1) is 17.6 Å². The van der Waals surface area contributed by atoms with Crippen molar-refractivity contribution in [2.75, 3.05) is 7.11 Å². The number of benzene rings is 1. The molecule has 0 fully saturated rings. The third kappa shape index (κ3) is 3.23. The molecule has 6 heteroatoms. The van der Waals surface area contributed by atoms with E-state index in [1.807, 2.05) is 0 Å². The zero-order valence-electron chi connectivity index (χ0n) is 8.95. The highest BCUT2D eigenvalue weighted by Gasteiger charge is 2.12. The van der Waals surface area contributed by atoms with Crippen LogP contribution < -0.4 is 0 Å². The van der Waals surface area contributed by atoms with Gasteiger partial charge in [0.2, 0.25) is 0 Å². The van der Waals surface area contributed by atoms with Crippen LogP contribution in [0.3, 0.4) is 0 Å². The average Bonchev–Trinajstić information content (AvgIpc) is 2.35. The third-order valence-corrected chi connectivity index (χ3v) is 1.93. The van der Waals surface area contributed by atoms with Crippen LogP contribution in [-0.4, -0.2) is 23.8 Å². The second-order valence-electron chi connectivity index (χ2n) is 3.01. The minimum Gasteiger partial charge on any atom is -0.463 e. The molecule has 88 valence electrons. The molecular weight excluding hydrogens is 226 g/mol. The summed E-state index contributed by atoms with van der Waals surface area (Å²) < 4.78 is 4.20. The number of nitro groups is 1. The summed E-state index contributed by atoms with van der Waals surface area (Å²) in [7, 11) is 1.08. The fourth-order valence-corrected chi connectivity index (χ4v) is 1.13. The molecule has 0 unspecified atom stereocenters. The third-order valence-electron chi connectivity index (χ3n) is 1.93. The number of methoxy groups -OCH3 is 1. The van der Waals surface area contributed by atoms with Gasteiger partial charge in [0.15, 0.2) is 0 Å². The van der Waals surface area contributed by atoms with E-state index in [9.17, 15) is 19.7 Å². The number of hydrogen-bond donors (Lipinski definition) is 0.